The molecule has 188 valence electrons. The molecule has 2 aromatic heterocycles. The fourth-order valence-corrected chi connectivity index (χ4v) is 6.06. The summed E-state index contributed by atoms with van der Waals surface area (Å²) in [6, 6.07) is 12.1. The number of ketones is 1. The Hall–Kier alpha value is -3.79. The molecular formula is C26H28N4O5S. The van der Waals surface area contributed by atoms with Crippen LogP contribution in [-0.2, 0) is 9.84 Å². The summed E-state index contributed by atoms with van der Waals surface area (Å²) in [4.78, 5) is 34.5. The van der Waals surface area contributed by atoms with Gasteiger partial charge in [0.25, 0.3) is 5.91 Å². The number of sulfone groups is 1. The van der Waals surface area contributed by atoms with Crippen LogP contribution in [0.25, 0.3) is 0 Å². The molecular weight excluding hydrogens is 480 g/mol. The third kappa shape index (κ3) is 4.81. The number of Topliss-reactive ketones (excluding diaryl/α,β-unsaturated/α-hetero) is 1. The quantitative estimate of drug-likeness (QED) is 0.473. The number of hydrogen-bond acceptors (Lipinski definition) is 8. The number of nitrogens with zero attached hydrogens (tertiary/aromatic N) is 3. The Labute approximate surface area is 210 Å². The van der Waals surface area contributed by atoms with Crippen molar-refractivity contribution < 1.29 is 22.7 Å². The van der Waals surface area contributed by atoms with Gasteiger partial charge in [-0.05, 0) is 57.4 Å². The SMILES string of the molecule is CC(=O)c1cccc(Oc2cccc(S(=O)(=O)c3ccnc(N4CC(C)CC4(C)C)c3C(N)=O)n2)c1. The Bertz CT molecular complexity index is 1450. The first kappa shape index (κ1) is 25.3. The van der Waals surface area contributed by atoms with E-state index in [1.165, 1.54) is 37.4 Å². The second kappa shape index (κ2) is 9.34. The summed E-state index contributed by atoms with van der Waals surface area (Å²) < 4.78 is 33.1. The number of ether oxygens (including phenoxy) is 1. The molecule has 36 heavy (non-hydrogen) atoms. The number of carbonyl (C=O) groups excluding carboxylic acids is 2. The summed E-state index contributed by atoms with van der Waals surface area (Å²) in [5, 5.41) is -0.309. The van der Waals surface area contributed by atoms with Crippen molar-refractivity contribution in [3.8, 4) is 11.6 Å². The Morgan fingerprint density at radius 3 is 2.50 bits per heavy atom. The number of carbonyl (C=O) groups is 2. The fraction of sp³-hybridized carbons (Fsp3) is 0.308. The van der Waals surface area contributed by atoms with Gasteiger partial charge >= 0.3 is 0 Å². The van der Waals surface area contributed by atoms with Gasteiger partial charge in [0.2, 0.25) is 15.7 Å². The van der Waals surface area contributed by atoms with E-state index in [2.05, 4.69) is 16.9 Å². The third-order valence-electron chi connectivity index (χ3n) is 6.19. The number of pyridine rings is 2. The van der Waals surface area contributed by atoms with E-state index in [9.17, 15) is 18.0 Å². The summed E-state index contributed by atoms with van der Waals surface area (Å²) in [5.74, 6) is -0.0974. The fourth-order valence-electron chi connectivity index (χ4n) is 4.67. The molecule has 3 aromatic rings. The van der Waals surface area contributed by atoms with Gasteiger partial charge in [-0.2, -0.15) is 0 Å². The second-order valence-corrected chi connectivity index (χ2v) is 11.5. The molecule has 3 heterocycles. The summed E-state index contributed by atoms with van der Waals surface area (Å²) >= 11 is 0. The van der Waals surface area contributed by atoms with Crippen molar-refractivity contribution in [2.75, 3.05) is 11.4 Å². The molecule has 0 saturated carbocycles. The predicted octanol–water partition coefficient (Wildman–Crippen LogP) is 4.03. The zero-order chi connectivity index (χ0) is 26.3. The average Bonchev–Trinajstić information content (AvgIpc) is 3.10. The monoisotopic (exact) mass is 508 g/mol. The van der Waals surface area contributed by atoms with Crippen LogP contribution >= 0.6 is 0 Å². The smallest absolute Gasteiger partial charge is 0.253 e. The molecule has 1 aliphatic rings. The molecule has 1 atom stereocenters. The van der Waals surface area contributed by atoms with Gasteiger partial charge in [0.05, 0.1) is 4.90 Å². The van der Waals surface area contributed by atoms with E-state index in [1.807, 2.05) is 18.7 Å². The molecule has 9 nitrogen and oxygen atoms in total. The van der Waals surface area contributed by atoms with Crippen LogP contribution in [0, 0.1) is 5.92 Å². The van der Waals surface area contributed by atoms with Crippen molar-refractivity contribution >= 4 is 27.3 Å². The van der Waals surface area contributed by atoms with Crippen LogP contribution in [0.4, 0.5) is 5.82 Å². The van der Waals surface area contributed by atoms with Crippen molar-refractivity contribution in [1.82, 2.24) is 9.97 Å². The number of anilines is 1. The van der Waals surface area contributed by atoms with Gasteiger partial charge in [0, 0.05) is 29.9 Å². The van der Waals surface area contributed by atoms with Gasteiger partial charge in [0.1, 0.15) is 17.1 Å². The van der Waals surface area contributed by atoms with Crippen LogP contribution < -0.4 is 15.4 Å². The maximum absolute atomic E-state index is 13.7. The van der Waals surface area contributed by atoms with Gasteiger partial charge < -0.3 is 15.4 Å². The molecule has 0 bridgehead atoms. The van der Waals surface area contributed by atoms with E-state index in [4.69, 9.17) is 10.5 Å². The highest BCUT2D eigenvalue weighted by molar-refractivity contribution is 7.91. The third-order valence-corrected chi connectivity index (χ3v) is 7.89. The lowest BCUT2D eigenvalue weighted by Gasteiger charge is -2.33. The Kier molecular flexibility index (Phi) is 6.57. The first-order valence-corrected chi connectivity index (χ1v) is 13.0. The topological polar surface area (TPSA) is 133 Å². The zero-order valence-electron chi connectivity index (χ0n) is 20.6. The van der Waals surface area contributed by atoms with Crippen LogP contribution in [-0.4, -0.2) is 42.2 Å². The molecule has 4 rings (SSSR count). The molecule has 0 aliphatic carbocycles. The van der Waals surface area contributed by atoms with Gasteiger partial charge in [-0.3, -0.25) is 9.59 Å². The molecule has 1 aliphatic heterocycles. The minimum absolute atomic E-state index is 0.0150. The van der Waals surface area contributed by atoms with E-state index in [0.717, 1.165) is 6.42 Å². The normalized spacial score (nSPS) is 17.1. The summed E-state index contributed by atoms with van der Waals surface area (Å²) in [7, 11) is -4.27. The number of hydrogen-bond donors (Lipinski definition) is 1. The molecule has 1 aromatic carbocycles. The van der Waals surface area contributed by atoms with Crippen LogP contribution in [0.1, 0.15) is 54.8 Å². The van der Waals surface area contributed by atoms with Crippen LogP contribution in [0.5, 0.6) is 11.6 Å². The van der Waals surface area contributed by atoms with Gasteiger partial charge in [-0.15, -0.1) is 0 Å². The largest absolute Gasteiger partial charge is 0.439 e. The summed E-state index contributed by atoms with van der Waals surface area (Å²) in [5.41, 5.74) is 5.66. The van der Waals surface area contributed by atoms with Crippen LogP contribution in [0.3, 0.4) is 0 Å². The average molecular weight is 509 g/mol. The molecule has 1 fully saturated rings. The van der Waals surface area contributed by atoms with E-state index in [0.29, 0.717) is 23.8 Å². The number of aromatic nitrogens is 2. The van der Waals surface area contributed by atoms with Gasteiger partial charge in [-0.25, -0.2) is 18.4 Å². The minimum Gasteiger partial charge on any atom is -0.439 e. The van der Waals surface area contributed by atoms with Gasteiger partial charge in [0.15, 0.2) is 10.8 Å². The van der Waals surface area contributed by atoms with Crippen LogP contribution in [0.15, 0.2) is 64.6 Å². The lowest BCUT2D eigenvalue weighted by molar-refractivity contribution is 0.0993. The van der Waals surface area contributed by atoms with E-state index < -0.39 is 15.7 Å². The highest BCUT2D eigenvalue weighted by Gasteiger charge is 2.40. The summed E-state index contributed by atoms with van der Waals surface area (Å²) in [6.07, 6.45) is 2.22. The molecule has 10 heteroatoms. The number of amides is 1. The first-order valence-electron chi connectivity index (χ1n) is 11.5. The first-order chi connectivity index (χ1) is 16.9. The van der Waals surface area contributed by atoms with E-state index >= 15 is 0 Å². The molecule has 0 radical (unpaired) electrons. The highest BCUT2D eigenvalue weighted by Crippen LogP contribution is 2.39. The van der Waals surface area contributed by atoms with Crippen LogP contribution in [0.2, 0.25) is 0 Å². The Morgan fingerprint density at radius 1 is 1.14 bits per heavy atom. The standard InChI is InChI=1S/C26H28N4O5S/c1-16-14-26(3,4)30(15-16)25-23(24(27)32)20(11-12-28-25)36(33,34)22-10-6-9-21(29-22)35-19-8-5-7-18(13-19)17(2)31/h5-13,16H,14-15H2,1-4H3,(H2,27,32). The zero-order valence-corrected chi connectivity index (χ0v) is 21.4. The van der Waals surface area contributed by atoms with Gasteiger partial charge in [-0.1, -0.05) is 25.1 Å². The maximum Gasteiger partial charge on any atom is 0.253 e. The molecule has 1 unspecified atom stereocenters. The van der Waals surface area contributed by atoms with E-state index in [1.54, 1.807) is 24.3 Å². The second-order valence-electron chi connectivity index (χ2n) is 9.61. The van der Waals surface area contributed by atoms with Crippen molar-refractivity contribution in [1.29, 1.82) is 0 Å². The van der Waals surface area contributed by atoms with Crippen molar-refractivity contribution in [2.45, 2.75) is 49.6 Å². The Morgan fingerprint density at radius 2 is 1.86 bits per heavy atom. The number of benzene rings is 1. The van der Waals surface area contributed by atoms with Crippen molar-refractivity contribution in [3.05, 3.63) is 65.9 Å². The highest BCUT2D eigenvalue weighted by atomic mass is 32.2. The summed E-state index contributed by atoms with van der Waals surface area (Å²) in [6.45, 7) is 8.19. The molecule has 0 spiro atoms. The number of nitrogens with two attached hydrogens (primary N) is 1. The van der Waals surface area contributed by atoms with Crippen molar-refractivity contribution in [3.63, 3.8) is 0 Å². The lowest BCUT2D eigenvalue weighted by Crippen LogP contribution is -2.40. The molecule has 2 N–H and O–H groups in total. The minimum atomic E-state index is -4.27. The van der Waals surface area contributed by atoms with Crippen molar-refractivity contribution in [2.24, 2.45) is 11.7 Å². The predicted molar refractivity (Wildman–Crippen MR) is 134 cm³/mol. The maximum atomic E-state index is 13.7. The number of primary amides is 1. The van der Waals surface area contributed by atoms with E-state index in [-0.39, 0.29) is 38.5 Å². The Balaban J connectivity index is 1.76. The number of rotatable bonds is 7. The molecule has 1 saturated heterocycles. The lowest BCUT2D eigenvalue weighted by atomic mass is 9.97. The molecule has 1 amide bonds.